The number of allylic oxidation sites excluding steroid dienone is 23. The molecule has 0 aromatic rings. The molecule has 12 atom stereocenters. The molecule has 0 aromatic carbocycles. The molecule has 2 heterocycles. The van der Waals surface area contributed by atoms with Crippen LogP contribution in [0.1, 0.15) is 155 Å². The number of hydrogen-bond acceptors (Lipinski definition) is 13. The average molecular weight is 1090 g/mol. The lowest BCUT2D eigenvalue weighted by atomic mass is 9.97. The Labute approximate surface area is 468 Å². The first-order chi connectivity index (χ1) is 38.1. The molecule has 14 heteroatoms. The molecule has 2 rings (SSSR count). The van der Waals surface area contributed by atoms with E-state index >= 15 is 0 Å². The molecule has 12 unspecified atom stereocenters. The van der Waals surface area contributed by atoms with Crippen molar-refractivity contribution in [3.8, 4) is 0 Å². The third-order valence-corrected chi connectivity index (χ3v) is 13.0. The molecule has 9 N–H and O–H groups in total. The minimum absolute atomic E-state index is 0.179. The molecule has 78 heavy (non-hydrogen) atoms. The summed E-state index contributed by atoms with van der Waals surface area (Å²) in [6.45, 7) is 2.56. The van der Waals surface area contributed by atoms with Crippen LogP contribution in [-0.2, 0) is 23.7 Å². The highest BCUT2D eigenvalue weighted by Crippen LogP contribution is 2.30. The molecule has 0 radical (unpaired) electrons. The third kappa shape index (κ3) is 32.8. The predicted octanol–water partition coefficient (Wildman–Crippen LogP) is 9.77. The molecule has 0 saturated carbocycles. The van der Waals surface area contributed by atoms with Crippen LogP contribution in [0, 0.1) is 0 Å². The third-order valence-electron chi connectivity index (χ3n) is 13.0. The number of ether oxygens (including phenoxy) is 4. The molecule has 2 fully saturated rings. The van der Waals surface area contributed by atoms with E-state index in [2.05, 4.69) is 147 Å². The summed E-state index contributed by atoms with van der Waals surface area (Å²) in [6, 6.07) is -0.980. The van der Waals surface area contributed by atoms with Crippen molar-refractivity contribution in [2.75, 3.05) is 19.8 Å². The van der Waals surface area contributed by atoms with Gasteiger partial charge in [0.1, 0.15) is 48.8 Å². The van der Waals surface area contributed by atoms with Crippen molar-refractivity contribution >= 4 is 5.91 Å². The van der Waals surface area contributed by atoms with Crippen molar-refractivity contribution < 1.29 is 64.6 Å². The Morgan fingerprint density at radius 3 is 1.40 bits per heavy atom. The van der Waals surface area contributed by atoms with E-state index in [4.69, 9.17) is 18.9 Å². The van der Waals surface area contributed by atoms with Gasteiger partial charge in [-0.3, -0.25) is 4.79 Å². The van der Waals surface area contributed by atoms with Gasteiger partial charge in [0.2, 0.25) is 5.91 Å². The van der Waals surface area contributed by atoms with Crippen LogP contribution in [0.4, 0.5) is 0 Å². The maximum Gasteiger partial charge on any atom is 0.220 e. The Hall–Kier alpha value is -4.13. The summed E-state index contributed by atoms with van der Waals surface area (Å²) in [5.74, 6) is -0.319. The van der Waals surface area contributed by atoms with Crippen molar-refractivity contribution in [3.63, 3.8) is 0 Å². The van der Waals surface area contributed by atoms with E-state index in [9.17, 15) is 45.6 Å². The van der Waals surface area contributed by atoms with E-state index in [1.807, 2.05) is 12.2 Å². The quantitative estimate of drug-likeness (QED) is 0.0205. The number of carbonyl (C=O) groups is 1. The zero-order valence-corrected chi connectivity index (χ0v) is 47.1. The SMILES string of the molecule is CC/C=C\C/C=C\C/C=C\C/C=C\C/C=C\C/C=C\C/C=C\C/C=C\C/C=C\CCCC(=O)NC(COC1OC(CO)C(OC2OC(CO)C(O)C(O)C2O)C(O)C1O)C(O)/C=C/CC/C=C/CC/C=C/CCCCCCC. The normalized spacial score (nSPS) is 25.7. The Morgan fingerprint density at radius 1 is 0.474 bits per heavy atom. The molecular weight excluding hydrogens is 991 g/mol. The fourth-order valence-electron chi connectivity index (χ4n) is 8.32. The number of aliphatic hydroxyl groups is 8. The Balaban J connectivity index is 1.81. The second-order valence-electron chi connectivity index (χ2n) is 19.7. The van der Waals surface area contributed by atoms with Gasteiger partial charge in [-0.2, -0.15) is 0 Å². The number of amides is 1. The minimum Gasteiger partial charge on any atom is -0.394 e. The van der Waals surface area contributed by atoms with Gasteiger partial charge in [-0.15, -0.1) is 0 Å². The summed E-state index contributed by atoms with van der Waals surface area (Å²) in [6.07, 6.45) is 54.6. The standard InChI is InChI=1S/C64H101NO13/c1-3-5-7-9-11-13-15-17-19-20-21-22-23-24-25-26-27-28-29-30-31-32-34-36-38-40-42-44-46-48-56(69)65-52(53(68)47-45-43-41-39-37-35-33-18-16-14-12-10-8-6-4-2)51-75-63-61(74)59(72)62(55(50-67)77-63)78-64-60(73)58(71)57(70)54(49-66)76-64/h5,7,11,13,16-19,21-22,24-25,27-28,30-31,34,36-37,39-40,42,45,47,52-55,57-64,66-68,70-74H,3-4,6,8-10,12,14-15,20,23,26,29,32-33,35,38,41,43-44,46,48-51H2,1-2H3,(H,65,69)/b7-5-,13-11-,18-16+,19-17-,22-21-,25-24-,28-27-,31-30-,36-34-,39-37+,42-40-,47-45+. The molecule has 1 amide bonds. The fourth-order valence-corrected chi connectivity index (χ4v) is 8.32. The number of hydrogen-bond donors (Lipinski definition) is 9. The van der Waals surface area contributed by atoms with Crippen LogP contribution in [-0.4, -0.2) is 140 Å². The predicted molar refractivity (Wildman–Crippen MR) is 313 cm³/mol. The molecular formula is C64H101NO13. The van der Waals surface area contributed by atoms with Crippen molar-refractivity contribution in [3.05, 3.63) is 146 Å². The van der Waals surface area contributed by atoms with Crippen molar-refractivity contribution in [2.24, 2.45) is 0 Å². The molecule has 14 nitrogen and oxygen atoms in total. The summed E-state index contributed by atoms with van der Waals surface area (Å²) in [5.41, 5.74) is 0. The van der Waals surface area contributed by atoms with Crippen molar-refractivity contribution in [1.29, 1.82) is 0 Å². The van der Waals surface area contributed by atoms with Crippen molar-refractivity contribution in [2.45, 2.75) is 229 Å². The van der Waals surface area contributed by atoms with Crippen LogP contribution in [0.25, 0.3) is 0 Å². The largest absolute Gasteiger partial charge is 0.394 e. The zero-order valence-electron chi connectivity index (χ0n) is 47.1. The Morgan fingerprint density at radius 2 is 0.897 bits per heavy atom. The van der Waals surface area contributed by atoms with Crippen LogP contribution >= 0.6 is 0 Å². The van der Waals surface area contributed by atoms with Crippen LogP contribution in [0.5, 0.6) is 0 Å². The van der Waals surface area contributed by atoms with E-state index < -0.39 is 86.8 Å². The Kier molecular flexibility index (Phi) is 42.8. The summed E-state index contributed by atoms with van der Waals surface area (Å²) in [4.78, 5) is 13.2. The van der Waals surface area contributed by atoms with Gasteiger partial charge in [-0.1, -0.05) is 185 Å². The van der Waals surface area contributed by atoms with Gasteiger partial charge < -0.3 is 65.1 Å². The fraction of sp³-hybridized carbons (Fsp3) is 0.609. The molecule has 2 saturated heterocycles. The molecule has 2 aliphatic heterocycles. The Bertz CT molecular complexity index is 1860. The van der Waals surface area contributed by atoms with Crippen LogP contribution < -0.4 is 5.32 Å². The molecule has 0 spiro atoms. The molecule has 0 aromatic heterocycles. The van der Waals surface area contributed by atoms with Gasteiger partial charge in [0.25, 0.3) is 0 Å². The van der Waals surface area contributed by atoms with E-state index in [1.165, 1.54) is 32.1 Å². The highest BCUT2D eigenvalue weighted by atomic mass is 16.7. The molecule has 0 bridgehead atoms. The van der Waals surface area contributed by atoms with Crippen LogP contribution in [0.3, 0.4) is 0 Å². The first-order valence-electron chi connectivity index (χ1n) is 29.1. The minimum atomic E-state index is -1.81. The highest BCUT2D eigenvalue weighted by molar-refractivity contribution is 5.76. The lowest BCUT2D eigenvalue weighted by molar-refractivity contribution is -0.359. The lowest BCUT2D eigenvalue weighted by Crippen LogP contribution is -2.65. The lowest BCUT2D eigenvalue weighted by Gasteiger charge is -2.46. The second-order valence-corrected chi connectivity index (χ2v) is 19.7. The monoisotopic (exact) mass is 1090 g/mol. The summed E-state index contributed by atoms with van der Waals surface area (Å²) < 4.78 is 22.7. The average Bonchev–Trinajstić information content (AvgIpc) is 3.47. The van der Waals surface area contributed by atoms with Crippen molar-refractivity contribution in [1.82, 2.24) is 5.32 Å². The number of rotatable bonds is 43. The zero-order chi connectivity index (χ0) is 56.7. The number of unbranched alkanes of at least 4 members (excludes halogenated alkanes) is 8. The van der Waals surface area contributed by atoms with Gasteiger partial charge in [0.05, 0.1) is 32.0 Å². The smallest absolute Gasteiger partial charge is 0.220 e. The first kappa shape index (κ1) is 70.0. The van der Waals surface area contributed by atoms with Gasteiger partial charge in [-0.05, 0) is 109 Å². The summed E-state index contributed by atoms with van der Waals surface area (Å²) >= 11 is 0. The van der Waals surface area contributed by atoms with E-state index in [0.717, 1.165) is 83.5 Å². The van der Waals surface area contributed by atoms with Gasteiger partial charge in [-0.25, -0.2) is 0 Å². The van der Waals surface area contributed by atoms with E-state index in [1.54, 1.807) is 6.08 Å². The van der Waals surface area contributed by atoms with Gasteiger partial charge in [0.15, 0.2) is 12.6 Å². The van der Waals surface area contributed by atoms with E-state index in [0.29, 0.717) is 19.3 Å². The summed E-state index contributed by atoms with van der Waals surface area (Å²) in [5, 5.41) is 86.9. The van der Waals surface area contributed by atoms with Gasteiger partial charge >= 0.3 is 0 Å². The highest BCUT2D eigenvalue weighted by Gasteiger charge is 2.51. The number of aliphatic hydroxyl groups excluding tert-OH is 8. The molecule has 0 aliphatic carbocycles. The maximum absolute atomic E-state index is 13.2. The first-order valence-corrected chi connectivity index (χ1v) is 29.1. The summed E-state index contributed by atoms with van der Waals surface area (Å²) in [7, 11) is 0. The number of nitrogens with one attached hydrogen (secondary N) is 1. The van der Waals surface area contributed by atoms with E-state index in [-0.39, 0.29) is 18.9 Å². The molecule has 2 aliphatic rings. The van der Waals surface area contributed by atoms with Gasteiger partial charge in [0, 0.05) is 6.42 Å². The number of carbonyl (C=O) groups excluding carboxylic acids is 1. The molecule has 440 valence electrons. The second kappa shape index (κ2) is 47.7. The van der Waals surface area contributed by atoms with Crippen LogP contribution in [0.15, 0.2) is 146 Å². The topological polar surface area (TPSA) is 228 Å². The van der Waals surface area contributed by atoms with Crippen LogP contribution in [0.2, 0.25) is 0 Å². The maximum atomic E-state index is 13.2.